The van der Waals surface area contributed by atoms with Crippen molar-refractivity contribution in [1.82, 2.24) is 0 Å². The Morgan fingerprint density at radius 2 is 1.16 bits per heavy atom. The first-order chi connectivity index (χ1) is 14.5. The molecule has 0 bridgehead atoms. The van der Waals surface area contributed by atoms with E-state index in [1.807, 2.05) is 25.5 Å². The molecule has 6 heteroatoms. The average molecular weight is 503 g/mol. The van der Waals surface area contributed by atoms with Gasteiger partial charge in [0, 0.05) is 25.4 Å². The Balaban J connectivity index is 3.80. The molecule has 0 saturated carbocycles. The highest BCUT2D eigenvalue weighted by Crippen LogP contribution is 2.49. The van der Waals surface area contributed by atoms with Crippen molar-refractivity contribution in [2.24, 2.45) is 0 Å². The molecule has 0 aliphatic rings. The molecule has 0 unspecified atom stereocenters. The van der Waals surface area contributed by atoms with Crippen LogP contribution in [0.5, 0.6) is 0 Å². The van der Waals surface area contributed by atoms with Gasteiger partial charge in [-0.1, -0.05) is 74.4 Å². The third kappa shape index (κ3) is 8.81. The molecule has 1 N–H and O–H groups in total. The van der Waals surface area contributed by atoms with Gasteiger partial charge in [-0.15, -0.1) is 0 Å². The smallest absolute Gasteiger partial charge is 0.189 e. The molecular formula is C26H42Cl2NO2P. The van der Waals surface area contributed by atoms with E-state index in [0.717, 1.165) is 5.69 Å². The summed E-state index contributed by atoms with van der Waals surface area (Å²) < 4.78 is 11.0. The standard InChI is InChI=1S/C26H42Cl2NO2P/c1-12-30-21(27)16-32(17-22(28)31-13-2)29-23-19(25(6,7)8)14-18(24(3,4)5)15-20(23)26(9,10)11/h14-17,29H,12-13H2,1-11H3/b21-16+,22-17+. The number of hydrogen-bond donors (Lipinski definition) is 1. The maximum absolute atomic E-state index is 6.35. The van der Waals surface area contributed by atoms with Gasteiger partial charge in [-0.25, -0.2) is 0 Å². The van der Waals surface area contributed by atoms with Crippen LogP contribution in [-0.4, -0.2) is 13.2 Å². The molecule has 0 aliphatic heterocycles. The van der Waals surface area contributed by atoms with E-state index in [-0.39, 0.29) is 16.2 Å². The number of benzene rings is 1. The van der Waals surface area contributed by atoms with Gasteiger partial charge in [0.2, 0.25) is 0 Å². The summed E-state index contributed by atoms with van der Waals surface area (Å²) in [6.07, 6.45) is 0. The average Bonchev–Trinajstić information content (AvgIpc) is 2.59. The first kappa shape index (κ1) is 29.1. The summed E-state index contributed by atoms with van der Waals surface area (Å²) >= 11 is 12.7. The number of halogens is 2. The summed E-state index contributed by atoms with van der Waals surface area (Å²) in [5, 5.41) is 4.47. The highest BCUT2D eigenvalue weighted by molar-refractivity contribution is 7.65. The molecule has 0 radical (unpaired) electrons. The molecule has 0 saturated heterocycles. The van der Waals surface area contributed by atoms with Crippen molar-refractivity contribution in [1.29, 1.82) is 0 Å². The molecule has 182 valence electrons. The molecule has 0 fully saturated rings. The fourth-order valence-corrected chi connectivity index (χ4v) is 5.32. The van der Waals surface area contributed by atoms with Crippen LogP contribution < -0.4 is 5.09 Å². The molecule has 0 atom stereocenters. The van der Waals surface area contributed by atoms with E-state index >= 15 is 0 Å². The summed E-state index contributed by atoms with van der Waals surface area (Å²) in [6, 6.07) is 4.68. The number of anilines is 1. The maximum Gasteiger partial charge on any atom is 0.189 e. The minimum absolute atomic E-state index is 0.0413. The number of hydrogen-bond acceptors (Lipinski definition) is 3. The van der Waals surface area contributed by atoms with Crippen LogP contribution in [0.3, 0.4) is 0 Å². The zero-order valence-electron chi connectivity index (χ0n) is 21.7. The largest absolute Gasteiger partial charge is 0.483 e. The normalized spacial score (nSPS) is 14.9. The highest BCUT2D eigenvalue weighted by atomic mass is 35.5. The molecule has 3 nitrogen and oxygen atoms in total. The van der Waals surface area contributed by atoms with Gasteiger partial charge in [0.05, 0.1) is 13.2 Å². The fourth-order valence-electron chi connectivity index (χ4n) is 3.18. The van der Waals surface area contributed by atoms with Crippen LogP contribution >= 0.6 is 31.3 Å². The van der Waals surface area contributed by atoms with Crippen LogP contribution in [0.15, 0.2) is 34.2 Å². The van der Waals surface area contributed by atoms with E-state index in [1.54, 1.807) is 0 Å². The molecule has 0 spiro atoms. The van der Waals surface area contributed by atoms with E-state index in [0.29, 0.717) is 23.7 Å². The molecule has 32 heavy (non-hydrogen) atoms. The lowest BCUT2D eigenvalue weighted by Crippen LogP contribution is -2.23. The Hall–Kier alpha value is -0.890. The van der Waals surface area contributed by atoms with Crippen molar-refractivity contribution in [3.05, 3.63) is 50.9 Å². The van der Waals surface area contributed by atoms with Crippen molar-refractivity contribution in [2.75, 3.05) is 18.3 Å². The third-order valence-corrected chi connectivity index (χ3v) is 7.15. The Morgan fingerprint density at radius 1 is 0.781 bits per heavy atom. The van der Waals surface area contributed by atoms with Gasteiger partial charge in [-0.05, 0) is 70.0 Å². The Labute approximate surface area is 207 Å². The second kappa shape index (κ2) is 11.5. The first-order valence-corrected chi connectivity index (χ1v) is 13.5. The van der Waals surface area contributed by atoms with Gasteiger partial charge in [-0.2, -0.15) is 0 Å². The quantitative estimate of drug-likeness (QED) is 0.284. The fraction of sp³-hybridized carbons (Fsp3) is 0.615. The van der Waals surface area contributed by atoms with Gasteiger partial charge in [0.1, 0.15) is 0 Å². The lowest BCUT2D eigenvalue weighted by atomic mass is 9.74. The summed E-state index contributed by atoms with van der Waals surface area (Å²) in [5.74, 6) is 3.77. The Bertz CT molecular complexity index is 771. The predicted octanol–water partition coefficient (Wildman–Crippen LogP) is 9.54. The SMILES string of the molecule is CCO/C(Cl)=C/P(/C=C(\Cl)OCC)Nc1c(C(C)(C)C)cc(C(C)(C)C)cc1C(C)(C)C. The van der Waals surface area contributed by atoms with Crippen LogP contribution in [0.2, 0.25) is 0 Å². The molecule has 0 aromatic heterocycles. The molecule has 1 rings (SSSR count). The zero-order chi connectivity index (χ0) is 24.9. The summed E-state index contributed by atoms with van der Waals surface area (Å²) in [6.45, 7) is 25.1. The van der Waals surface area contributed by atoms with Crippen LogP contribution in [-0.2, 0) is 25.7 Å². The first-order valence-electron chi connectivity index (χ1n) is 11.2. The Morgan fingerprint density at radius 3 is 1.44 bits per heavy atom. The van der Waals surface area contributed by atoms with Crippen molar-refractivity contribution < 1.29 is 9.47 Å². The second-order valence-corrected chi connectivity index (χ2v) is 13.2. The van der Waals surface area contributed by atoms with Crippen LogP contribution in [0, 0.1) is 0 Å². The molecule has 1 aromatic rings. The van der Waals surface area contributed by atoms with E-state index in [1.165, 1.54) is 16.7 Å². The number of ether oxygens (including phenoxy) is 2. The van der Waals surface area contributed by atoms with Gasteiger partial charge in [0.25, 0.3) is 0 Å². The van der Waals surface area contributed by atoms with E-state index < -0.39 is 8.07 Å². The van der Waals surface area contributed by atoms with Gasteiger partial charge < -0.3 is 14.6 Å². The van der Waals surface area contributed by atoms with Crippen LogP contribution in [0.4, 0.5) is 5.69 Å². The molecular weight excluding hydrogens is 460 g/mol. The lowest BCUT2D eigenvalue weighted by molar-refractivity contribution is 0.255. The van der Waals surface area contributed by atoms with E-state index in [4.69, 9.17) is 32.7 Å². The summed E-state index contributed by atoms with van der Waals surface area (Å²) in [7, 11) is -1.09. The van der Waals surface area contributed by atoms with Crippen molar-refractivity contribution >= 4 is 37.0 Å². The van der Waals surface area contributed by atoms with Crippen molar-refractivity contribution in [3.63, 3.8) is 0 Å². The maximum atomic E-state index is 6.35. The minimum Gasteiger partial charge on any atom is -0.483 e. The molecule has 1 aromatic carbocycles. The summed E-state index contributed by atoms with van der Waals surface area (Å²) in [4.78, 5) is 0. The van der Waals surface area contributed by atoms with E-state index in [9.17, 15) is 0 Å². The van der Waals surface area contributed by atoms with Gasteiger partial charge in [0.15, 0.2) is 10.4 Å². The highest BCUT2D eigenvalue weighted by Gasteiger charge is 2.30. The zero-order valence-corrected chi connectivity index (χ0v) is 24.1. The van der Waals surface area contributed by atoms with Gasteiger partial charge >= 0.3 is 0 Å². The van der Waals surface area contributed by atoms with Crippen molar-refractivity contribution in [2.45, 2.75) is 92.4 Å². The predicted molar refractivity (Wildman–Crippen MR) is 144 cm³/mol. The van der Waals surface area contributed by atoms with Crippen molar-refractivity contribution in [3.8, 4) is 0 Å². The third-order valence-electron chi connectivity index (χ3n) is 4.91. The molecule has 0 aliphatic carbocycles. The van der Waals surface area contributed by atoms with Gasteiger partial charge in [-0.3, -0.25) is 0 Å². The lowest BCUT2D eigenvalue weighted by Gasteiger charge is -2.34. The molecule has 0 heterocycles. The van der Waals surface area contributed by atoms with E-state index in [2.05, 4.69) is 79.5 Å². The molecule has 0 amide bonds. The Kier molecular flexibility index (Phi) is 10.5. The monoisotopic (exact) mass is 501 g/mol. The minimum atomic E-state index is -1.09. The number of nitrogens with one attached hydrogen (secondary N) is 1. The number of rotatable bonds is 8. The topological polar surface area (TPSA) is 30.5 Å². The van der Waals surface area contributed by atoms with Crippen LogP contribution in [0.25, 0.3) is 0 Å². The van der Waals surface area contributed by atoms with Crippen LogP contribution in [0.1, 0.15) is 92.9 Å². The second-order valence-electron chi connectivity index (χ2n) is 10.9. The summed E-state index contributed by atoms with van der Waals surface area (Å²) in [5.41, 5.74) is 4.90.